The number of hydrogen-bond acceptors (Lipinski definition) is 6. The van der Waals surface area contributed by atoms with Crippen LogP contribution in [0.4, 0.5) is 0 Å². The number of ketones is 1. The molecule has 0 saturated carbocycles. The summed E-state index contributed by atoms with van der Waals surface area (Å²) in [7, 11) is 0. The lowest BCUT2D eigenvalue weighted by Gasteiger charge is -2.31. The molecule has 0 aliphatic carbocycles. The third-order valence-corrected chi connectivity index (χ3v) is 6.45. The Morgan fingerprint density at radius 1 is 1.06 bits per heavy atom. The van der Waals surface area contributed by atoms with Crippen LogP contribution in [-0.4, -0.2) is 72.6 Å². The highest BCUT2D eigenvalue weighted by molar-refractivity contribution is 6.46. The van der Waals surface area contributed by atoms with Gasteiger partial charge in [0.05, 0.1) is 31.4 Å². The molecular formula is C27H31ClN2O5. The number of aliphatic hydroxyl groups is 1. The molecule has 2 saturated heterocycles. The maximum Gasteiger partial charge on any atom is 0.295 e. The zero-order valence-electron chi connectivity index (χ0n) is 20.1. The molecule has 1 atom stereocenters. The molecule has 2 aromatic rings. The molecule has 0 radical (unpaired) electrons. The van der Waals surface area contributed by atoms with Gasteiger partial charge >= 0.3 is 0 Å². The summed E-state index contributed by atoms with van der Waals surface area (Å²) in [6.07, 6.45) is 0. The van der Waals surface area contributed by atoms with Crippen molar-refractivity contribution in [1.29, 1.82) is 0 Å². The molecule has 8 heteroatoms. The van der Waals surface area contributed by atoms with Gasteiger partial charge in [-0.1, -0.05) is 37.6 Å². The molecule has 2 fully saturated rings. The molecule has 4 rings (SSSR count). The minimum absolute atomic E-state index is 0.0788. The zero-order valence-corrected chi connectivity index (χ0v) is 20.8. The number of benzene rings is 2. The predicted octanol–water partition coefficient (Wildman–Crippen LogP) is 4.13. The fourth-order valence-corrected chi connectivity index (χ4v) is 4.43. The van der Waals surface area contributed by atoms with Crippen molar-refractivity contribution in [2.75, 3.05) is 46.0 Å². The van der Waals surface area contributed by atoms with Gasteiger partial charge in [-0.15, -0.1) is 0 Å². The summed E-state index contributed by atoms with van der Waals surface area (Å²) < 4.78 is 11.1. The van der Waals surface area contributed by atoms with Gasteiger partial charge in [0.15, 0.2) is 0 Å². The molecule has 7 nitrogen and oxygen atoms in total. The van der Waals surface area contributed by atoms with Crippen LogP contribution in [0.15, 0.2) is 54.1 Å². The van der Waals surface area contributed by atoms with E-state index in [0.717, 1.165) is 13.1 Å². The number of morpholine rings is 1. The molecule has 1 amide bonds. The van der Waals surface area contributed by atoms with E-state index in [1.165, 1.54) is 0 Å². The highest BCUT2D eigenvalue weighted by atomic mass is 35.5. The van der Waals surface area contributed by atoms with Crippen molar-refractivity contribution in [3.05, 3.63) is 70.3 Å². The van der Waals surface area contributed by atoms with E-state index in [9.17, 15) is 14.7 Å². The SMILES string of the molecule is CC(C)COc1ccc(/C(O)=C2/C(=O)C(=O)N(CCN3CCOCC3)C2c2ccc(Cl)cc2)cc1. The van der Waals surface area contributed by atoms with E-state index in [1.54, 1.807) is 53.4 Å². The van der Waals surface area contributed by atoms with Crippen LogP contribution < -0.4 is 4.74 Å². The number of amides is 1. The summed E-state index contributed by atoms with van der Waals surface area (Å²) in [5.74, 6) is -0.444. The van der Waals surface area contributed by atoms with Crippen molar-refractivity contribution in [1.82, 2.24) is 9.80 Å². The maximum atomic E-state index is 13.2. The smallest absolute Gasteiger partial charge is 0.295 e. The molecule has 1 unspecified atom stereocenters. The molecule has 35 heavy (non-hydrogen) atoms. The Morgan fingerprint density at radius 2 is 1.71 bits per heavy atom. The minimum Gasteiger partial charge on any atom is -0.507 e. The fourth-order valence-electron chi connectivity index (χ4n) is 4.30. The van der Waals surface area contributed by atoms with Gasteiger partial charge < -0.3 is 19.5 Å². The third-order valence-electron chi connectivity index (χ3n) is 6.20. The number of likely N-dealkylation sites (tertiary alicyclic amines) is 1. The van der Waals surface area contributed by atoms with Crippen molar-refractivity contribution in [2.45, 2.75) is 19.9 Å². The summed E-state index contributed by atoms with van der Waals surface area (Å²) in [5, 5.41) is 11.8. The second-order valence-corrected chi connectivity index (χ2v) is 9.66. The van der Waals surface area contributed by atoms with Gasteiger partial charge in [-0.05, 0) is 47.9 Å². The second-order valence-electron chi connectivity index (χ2n) is 9.23. The Bertz CT molecular complexity index is 1080. The van der Waals surface area contributed by atoms with Crippen molar-refractivity contribution < 1.29 is 24.2 Å². The molecule has 0 bridgehead atoms. The molecule has 2 aromatic carbocycles. The van der Waals surface area contributed by atoms with Crippen LogP contribution in [0.5, 0.6) is 5.75 Å². The van der Waals surface area contributed by atoms with Crippen LogP contribution in [0.3, 0.4) is 0 Å². The van der Waals surface area contributed by atoms with Crippen LogP contribution in [-0.2, 0) is 14.3 Å². The van der Waals surface area contributed by atoms with Crippen molar-refractivity contribution >= 4 is 29.1 Å². The third kappa shape index (κ3) is 5.86. The van der Waals surface area contributed by atoms with Gasteiger partial charge in [-0.2, -0.15) is 0 Å². The molecule has 1 N–H and O–H groups in total. The molecule has 2 heterocycles. The van der Waals surface area contributed by atoms with E-state index >= 15 is 0 Å². The van der Waals surface area contributed by atoms with E-state index in [0.29, 0.717) is 60.7 Å². The number of Topliss-reactive ketones (excluding diaryl/α,β-unsaturated/α-hetero) is 1. The number of hydrogen-bond donors (Lipinski definition) is 1. The lowest BCUT2D eigenvalue weighted by Crippen LogP contribution is -2.42. The number of nitrogens with zero attached hydrogens (tertiary/aromatic N) is 2. The van der Waals surface area contributed by atoms with Crippen molar-refractivity contribution in [3.8, 4) is 5.75 Å². The van der Waals surface area contributed by atoms with Crippen LogP contribution in [0, 0.1) is 5.92 Å². The summed E-state index contributed by atoms with van der Waals surface area (Å²) >= 11 is 6.09. The molecular weight excluding hydrogens is 468 g/mol. The van der Waals surface area contributed by atoms with Crippen LogP contribution in [0.1, 0.15) is 31.0 Å². The summed E-state index contributed by atoms with van der Waals surface area (Å²) in [4.78, 5) is 30.1. The topological polar surface area (TPSA) is 79.3 Å². The van der Waals surface area contributed by atoms with Gasteiger partial charge in [-0.3, -0.25) is 14.5 Å². The Labute approximate surface area is 210 Å². The van der Waals surface area contributed by atoms with E-state index in [1.807, 2.05) is 0 Å². The van der Waals surface area contributed by atoms with Gasteiger partial charge in [0.1, 0.15) is 11.5 Å². The number of rotatable bonds is 8. The lowest BCUT2D eigenvalue weighted by atomic mass is 9.95. The molecule has 186 valence electrons. The Balaban J connectivity index is 1.66. The number of ether oxygens (including phenoxy) is 2. The van der Waals surface area contributed by atoms with Crippen LogP contribution in [0.25, 0.3) is 5.76 Å². The minimum atomic E-state index is -0.704. The quantitative estimate of drug-likeness (QED) is 0.335. The van der Waals surface area contributed by atoms with Gasteiger partial charge in [0.25, 0.3) is 11.7 Å². The summed E-state index contributed by atoms with van der Waals surface area (Å²) in [6, 6.07) is 13.2. The number of aliphatic hydroxyl groups excluding tert-OH is 1. The second kappa shape index (κ2) is 11.2. The summed E-state index contributed by atoms with van der Waals surface area (Å²) in [6.45, 7) is 8.54. The first-order chi connectivity index (χ1) is 16.8. The maximum absolute atomic E-state index is 13.2. The largest absolute Gasteiger partial charge is 0.507 e. The van der Waals surface area contributed by atoms with Crippen molar-refractivity contribution in [3.63, 3.8) is 0 Å². The van der Waals surface area contributed by atoms with Crippen molar-refractivity contribution in [2.24, 2.45) is 5.92 Å². The fraction of sp³-hybridized carbons (Fsp3) is 0.407. The molecule has 0 aromatic heterocycles. The molecule has 2 aliphatic heterocycles. The number of halogens is 1. The van der Waals surface area contributed by atoms with Gasteiger partial charge in [-0.25, -0.2) is 0 Å². The first-order valence-electron chi connectivity index (χ1n) is 11.9. The average Bonchev–Trinajstić information content (AvgIpc) is 3.12. The van der Waals surface area contributed by atoms with Gasteiger partial charge in [0.2, 0.25) is 0 Å². The standard InChI is InChI=1S/C27H31ClN2O5/c1-18(2)17-35-22-9-5-20(6-10-22)25(31)23-24(19-3-7-21(28)8-4-19)30(27(33)26(23)32)12-11-29-13-15-34-16-14-29/h3-10,18,24,31H,11-17H2,1-2H3/b25-23-. The zero-order chi connectivity index (χ0) is 24.9. The Kier molecular flexibility index (Phi) is 8.11. The Morgan fingerprint density at radius 3 is 2.34 bits per heavy atom. The van der Waals surface area contributed by atoms with E-state index in [-0.39, 0.29) is 11.3 Å². The van der Waals surface area contributed by atoms with E-state index in [2.05, 4.69) is 18.7 Å². The first kappa shape index (κ1) is 25.2. The predicted molar refractivity (Wildman–Crippen MR) is 134 cm³/mol. The molecule has 0 spiro atoms. The van der Waals surface area contributed by atoms with E-state index < -0.39 is 17.7 Å². The normalized spacial score (nSPS) is 20.6. The average molecular weight is 499 g/mol. The van der Waals surface area contributed by atoms with Crippen LogP contribution in [0.2, 0.25) is 5.02 Å². The number of carbonyl (C=O) groups is 2. The van der Waals surface area contributed by atoms with Crippen LogP contribution >= 0.6 is 11.6 Å². The lowest BCUT2D eigenvalue weighted by molar-refractivity contribution is -0.140. The van der Waals surface area contributed by atoms with E-state index in [4.69, 9.17) is 21.1 Å². The monoisotopic (exact) mass is 498 g/mol. The number of carbonyl (C=O) groups excluding carboxylic acids is 2. The molecule has 2 aliphatic rings. The van der Waals surface area contributed by atoms with Gasteiger partial charge in [0, 0.05) is 36.8 Å². The summed E-state index contributed by atoms with van der Waals surface area (Å²) in [5.41, 5.74) is 1.25. The highest BCUT2D eigenvalue weighted by Gasteiger charge is 2.46. The highest BCUT2D eigenvalue weighted by Crippen LogP contribution is 2.39. The first-order valence-corrected chi connectivity index (χ1v) is 12.3. The Hall–Kier alpha value is -2.87.